The van der Waals surface area contributed by atoms with Crippen molar-refractivity contribution in [3.8, 4) is 0 Å². The summed E-state index contributed by atoms with van der Waals surface area (Å²) in [6.07, 6.45) is 5.16. The molecule has 3 heteroatoms. The molecule has 0 spiro atoms. The Hall–Kier alpha value is -1.09. The molecule has 0 heterocycles. The molecule has 0 unspecified atom stereocenters. The van der Waals surface area contributed by atoms with Crippen LogP contribution >= 0.6 is 15.9 Å². The predicted molar refractivity (Wildman–Crippen MR) is 82.4 cm³/mol. The Labute approximate surface area is 124 Å². The highest BCUT2D eigenvalue weighted by Crippen LogP contribution is 2.14. The van der Waals surface area contributed by atoms with Gasteiger partial charge in [-0.25, -0.2) is 4.79 Å². The maximum absolute atomic E-state index is 11.5. The van der Waals surface area contributed by atoms with Gasteiger partial charge in [-0.3, -0.25) is 0 Å². The molecule has 0 fully saturated rings. The lowest BCUT2D eigenvalue weighted by Gasteiger charge is -2.17. The minimum Gasteiger partial charge on any atom is -0.457 e. The fourth-order valence-electron chi connectivity index (χ4n) is 1.69. The van der Waals surface area contributed by atoms with Gasteiger partial charge in [0.15, 0.2) is 0 Å². The van der Waals surface area contributed by atoms with Gasteiger partial charge in [-0.15, -0.1) is 0 Å². The molecular formula is C16H21BrO2. The lowest BCUT2D eigenvalue weighted by atomic mass is 10.0. The normalized spacial score (nSPS) is 11.8. The molecule has 0 N–H and O–H groups in total. The number of alkyl halides is 1. The zero-order chi connectivity index (χ0) is 14.3. The predicted octanol–water partition coefficient (Wildman–Crippen LogP) is 4.41. The van der Waals surface area contributed by atoms with Crippen LogP contribution in [-0.4, -0.2) is 11.6 Å². The summed E-state index contributed by atoms with van der Waals surface area (Å²) in [5.41, 5.74) is 2.19. The number of carbonyl (C=O) groups is 1. The summed E-state index contributed by atoms with van der Waals surface area (Å²) in [5.74, 6) is -0.277. The third-order valence-corrected chi connectivity index (χ3v) is 3.11. The summed E-state index contributed by atoms with van der Waals surface area (Å²) < 4.78 is 5.20. The third-order valence-electron chi connectivity index (χ3n) is 2.50. The van der Waals surface area contributed by atoms with Gasteiger partial charge in [0.25, 0.3) is 0 Å². The lowest BCUT2D eigenvalue weighted by Crippen LogP contribution is -2.22. The standard InChI is InChI=1S/C16H21BrO2/c1-16(2,3)19-15(18)11-7-6-9-13-8-4-5-10-14(13)12-17/h4-5,7-8,10-11H,6,9,12H2,1-3H3/b11-7+. The van der Waals surface area contributed by atoms with Crippen LogP contribution < -0.4 is 0 Å². The highest BCUT2D eigenvalue weighted by atomic mass is 79.9. The van der Waals surface area contributed by atoms with Gasteiger partial charge in [-0.05, 0) is 44.7 Å². The van der Waals surface area contributed by atoms with E-state index in [9.17, 15) is 4.79 Å². The molecule has 1 aromatic rings. The Morgan fingerprint density at radius 3 is 2.47 bits per heavy atom. The fraction of sp³-hybridized carbons (Fsp3) is 0.438. The first kappa shape index (κ1) is 16.0. The molecule has 0 atom stereocenters. The van der Waals surface area contributed by atoms with Crippen molar-refractivity contribution < 1.29 is 9.53 Å². The summed E-state index contributed by atoms with van der Waals surface area (Å²) in [6, 6.07) is 8.31. The number of ether oxygens (including phenoxy) is 1. The van der Waals surface area contributed by atoms with Crippen LogP contribution in [0.15, 0.2) is 36.4 Å². The van der Waals surface area contributed by atoms with Gasteiger partial charge in [0, 0.05) is 11.4 Å². The van der Waals surface area contributed by atoms with Gasteiger partial charge in [-0.1, -0.05) is 46.3 Å². The van der Waals surface area contributed by atoms with Crippen LogP contribution in [0.25, 0.3) is 0 Å². The summed E-state index contributed by atoms with van der Waals surface area (Å²) in [7, 11) is 0. The van der Waals surface area contributed by atoms with Crippen LogP contribution in [0.5, 0.6) is 0 Å². The number of halogens is 1. The molecule has 0 saturated carbocycles. The lowest BCUT2D eigenvalue weighted by molar-refractivity contribution is -0.148. The Bertz CT molecular complexity index is 444. The average molecular weight is 325 g/mol. The quantitative estimate of drug-likeness (QED) is 0.455. The number of rotatable bonds is 5. The number of carbonyl (C=O) groups excluding carboxylic acids is 1. The Balaban J connectivity index is 2.44. The molecule has 0 saturated heterocycles. The first-order valence-corrected chi connectivity index (χ1v) is 7.57. The molecule has 19 heavy (non-hydrogen) atoms. The van der Waals surface area contributed by atoms with E-state index in [1.807, 2.05) is 39.0 Å². The van der Waals surface area contributed by atoms with E-state index in [1.54, 1.807) is 0 Å². The van der Waals surface area contributed by atoms with E-state index in [-0.39, 0.29) is 5.97 Å². The molecule has 0 aromatic heterocycles. The number of hydrogen-bond acceptors (Lipinski definition) is 2. The zero-order valence-electron chi connectivity index (χ0n) is 11.8. The van der Waals surface area contributed by atoms with Gasteiger partial charge in [-0.2, -0.15) is 0 Å². The minimum atomic E-state index is -0.427. The molecule has 0 amide bonds. The van der Waals surface area contributed by atoms with Gasteiger partial charge >= 0.3 is 5.97 Å². The van der Waals surface area contributed by atoms with E-state index < -0.39 is 5.60 Å². The molecule has 1 aromatic carbocycles. The first-order valence-electron chi connectivity index (χ1n) is 6.44. The molecule has 0 aliphatic carbocycles. The SMILES string of the molecule is CC(C)(C)OC(=O)/C=C/CCc1ccccc1CBr. The van der Waals surface area contributed by atoms with Crippen LogP contribution in [0, 0.1) is 0 Å². The van der Waals surface area contributed by atoms with Crippen LogP contribution in [0.2, 0.25) is 0 Å². The van der Waals surface area contributed by atoms with Crippen molar-refractivity contribution in [1.29, 1.82) is 0 Å². The van der Waals surface area contributed by atoms with E-state index in [4.69, 9.17) is 4.74 Å². The van der Waals surface area contributed by atoms with Crippen LogP contribution in [0.4, 0.5) is 0 Å². The second-order valence-electron chi connectivity index (χ2n) is 5.38. The van der Waals surface area contributed by atoms with Crippen molar-refractivity contribution in [2.45, 2.75) is 44.5 Å². The maximum Gasteiger partial charge on any atom is 0.330 e. The molecule has 0 radical (unpaired) electrons. The van der Waals surface area contributed by atoms with Gasteiger partial charge in [0.1, 0.15) is 5.60 Å². The average Bonchev–Trinajstić information content (AvgIpc) is 2.33. The maximum atomic E-state index is 11.5. The van der Waals surface area contributed by atoms with Crippen LogP contribution in [0.3, 0.4) is 0 Å². The number of esters is 1. The third kappa shape index (κ3) is 6.58. The van der Waals surface area contributed by atoms with E-state index in [0.29, 0.717) is 0 Å². The Kier molecular flexibility index (Phi) is 6.29. The van der Waals surface area contributed by atoms with Crippen molar-refractivity contribution in [2.75, 3.05) is 0 Å². The first-order chi connectivity index (χ1) is 8.92. The highest BCUT2D eigenvalue weighted by molar-refractivity contribution is 9.08. The summed E-state index contributed by atoms with van der Waals surface area (Å²) in [4.78, 5) is 11.5. The largest absolute Gasteiger partial charge is 0.457 e. The molecular weight excluding hydrogens is 304 g/mol. The summed E-state index contributed by atoms with van der Waals surface area (Å²) in [5, 5.41) is 0.860. The van der Waals surface area contributed by atoms with E-state index in [2.05, 4.69) is 28.1 Å². The van der Waals surface area contributed by atoms with Crippen molar-refractivity contribution in [3.63, 3.8) is 0 Å². The minimum absolute atomic E-state index is 0.277. The van der Waals surface area contributed by atoms with Gasteiger partial charge in [0.2, 0.25) is 0 Å². The smallest absolute Gasteiger partial charge is 0.330 e. The Morgan fingerprint density at radius 2 is 1.89 bits per heavy atom. The summed E-state index contributed by atoms with van der Waals surface area (Å²) >= 11 is 3.48. The monoisotopic (exact) mass is 324 g/mol. The van der Waals surface area contributed by atoms with Crippen LogP contribution in [0.1, 0.15) is 38.3 Å². The molecule has 104 valence electrons. The van der Waals surface area contributed by atoms with Gasteiger partial charge < -0.3 is 4.74 Å². The number of aryl methyl sites for hydroxylation is 1. The van der Waals surface area contributed by atoms with Gasteiger partial charge in [0.05, 0.1) is 0 Å². The summed E-state index contributed by atoms with van der Waals surface area (Å²) in [6.45, 7) is 5.60. The van der Waals surface area contributed by atoms with E-state index in [0.717, 1.165) is 18.2 Å². The molecule has 0 aliphatic heterocycles. The molecule has 0 bridgehead atoms. The number of hydrogen-bond donors (Lipinski definition) is 0. The molecule has 2 nitrogen and oxygen atoms in total. The number of allylic oxidation sites excluding steroid dienone is 1. The van der Waals surface area contributed by atoms with E-state index >= 15 is 0 Å². The highest BCUT2D eigenvalue weighted by Gasteiger charge is 2.13. The van der Waals surface area contributed by atoms with Crippen molar-refractivity contribution >= 4 is 21.9 Å². The zero-order valence-corrected chi connectivity index (χ0v) is 13.4. The fourth-order valence-corrected chi connectivity index (χ4v) is 2.23. The topological polar surface area (TPSA) is 26.3 Å². The molecule has 1 rings (SSSR count). The Morgan fingerprint density at radius 1 is 1.26 bits per heavy atom. The van der Waals surface area contributed by atoms with Crippen molar-refractivity contribution in [1.82, 2.24) is 0 Å². The number of benzene rings is 1. The van der Waals surface area contributed by atoms with Crippen molar-refractivity contribution in [3.05, 3.63) is 47.5 Å². The van der Waals surface area contributed by atoms with E-state index in [1.165, 1.54) is 17.2 Å². The van der Waals surface area contributed by atoms with Crippen molar-refractivity contribution in [2.24, 2.45) is 0 Å². The van der Waals surface area contributed by atoms with Crippen LogP contribution in [-0.2, 0) is 21.3 Å². The second kappa shape index (κ2) is 7.49. The molecule has 0 aliphatic rings. The second-order valence-corrected chi connectivity index (χ2v) is 5.94.